The number of nitrogens with one attached hydrogen (secondary N) is 1. The van der Waals surface area contributed by atoms with Crippen molar-refractivity contribution in [2.45, 2.75) is 0 Å². The van der Waals surface area contributed by atoms with Gasteiger partial charge in [0.1, 0.15) is 19.0 Å². The number of aromatic amines is 1. The summed E-state index contributed by atoms with van der Waals surface area (Å²) in [6, 6.07) is 7.59. The fourth-order valence-electron chi connectivity index (χ4n) is 1.28. The Balaban J connectivity index is 2.26. The summed E-state index contributed by atoms with van der Waals surface area (Å²) in [5.41, 5.74) is 1.06. The van der Waals surface area contributed by atoms with Gasteiger partial charge in [0.2, 0.25) is 0 Å². The Morgan fingerprint density at radius 3 is 3.08 bits per heavy atom. The van der Waals surface area contributed by atoms with E-state index in [2.05, 4.69) is 4.98 Å². The van der Waals surface area contributed by atoms with Crippen molar-refractivity contribution in [1.29, 1.82) is 0 Å². The van der Waals surface area contributed by atoms with Crippen LogP contribution in [-0.2, 0) is 0 Å². The first-order chi connectivity index (χ1) is 6.40. The molecule has 2 aromatic rings. The third kappa shape index (κ3) is 1.64. The van der Waals surface area contributed by atoms with Crippen LogP contribution in [0.2, 0.25) is 0 Å². The van der Waals surface area contributed by atoms with Gasteiger partial charge >= 0.3 is 0 Å². The fourth-order valence-corrected chi connectivity index (χ4v) is 1.28. The maximum absolute atomic E-state index is 11.8. The molecule has 0 saturated carbocycles. The molecule has 0 aliphatic rings. The van der Waals surface area contributed by atoms with Crippen LogP contribution in [0.4, 0.5) is 4.39 Å². The normalized spacial score (nSPS) is 10.5. The predicted molar refractivity (Wildman–Crippen MR) is 49.8 cm³/mol. The van der Waals surface area contributed by atoms with Crippen LogP contribution in [0.3, 0.4) is 0 Å². The molecule has 2 rings (SSSR count). The lowest BCUT2D eigenvalue weighted by Crippen LogP contribution is -1.97. The van der Waals surface area contributed by atoms with E-state index in [9.17, 15) is 4.39 Å². The molecule has 0 bridgehead atoms. The molecule has 2 nitrogen and oxygen atoms in total. The van der Waals surface area contributed by atoms with E-state index in [1.807, 2.05) is 30.5 Å². The highest BCUT2D eigenvalue weighted by molar-refractivity contribution is 5.80. The second-order valence-electron chi connectivity index (χ2n) is 2.76. The lowest BCUT2D eigenvalue weighted by atomic mass is 10.2. The Hall–Kier alpha value is -1.51. The van der Waals surface area contributed by atoms with Crippen molar-refractivity contribution < 1.29 is 9.13 Å². The van der Waals surface area contributed by atoms with Crippen LogP contribution in [0, 0.1) is 0 Å². The highest BCUT2D eigenvalue weighted by Crippen LogP contribution is 2.19. The summed E-state index contributed by atoms with van der Waals surface area (Å²) < 4.78 is 16.9. The van der Waals surface area contributed by atoms with Crippen LogP contribution in [0.25, 0.3) is 10.9 Å². The van der Waals surface area contributed by atoms with Gasteiger partial charge in [-0.25, -0.2) is 4.39 Å². The summed E-state index contributed by atoms with van der Waals surface area (Å²) in [5, 5.41) is 1.08. The highest BCUT2D eigenvalue weighted by Gasteiger charge is 1.97. The fraction of sp³-hybridized carbons (Fsp3) is 0.200. The first-order valence-corrected chi connectivity index (χ1v) is 4.16. The molecular formula is C10H10FNO. The average Bonchev–Trinajstić information content (AvgIpc) is 2.61. The van der Waals surface area contributed by atoms with Gasteiger partial charge in [0.25, 0.3) is 0 Å². The topological polar surface area (TPSA) is 25.0 Å². The van der Waals surface area contributed by atoms with Crippen LogP contribution in [-0.4, -0.2) is 18.3 Å². The van der Waals surface area contributed by atoms with Gasteiger partial charge in [0.05, 0.1) is 0 Å². The summed E-state index contributed by atoms with van der Waals surface area (Å²) in [6.07, 6.45) is 1.86. The molecule has 3 heteroatoms. The van der Waals surface area contributed by atoms with Gasteiger partial charge in [-0.05, 0) is 24.3 Å². The standard InChI is InChI=1S/C10H10FNO/c11-4-6-13-9-1-2-10-8(7-9)3-5-12-10/h1-3,5,7,12H,4,6H2. The van der Waals surface area contributed by atoms with Gasteiger partial charge in [0, 0.05) is 17.1 Å². The molecule has 0 unspecified atom stereocenters. The summed E-state index contributed by atoms with van der Waals surface area (Å²) in [4.78, 5) is 3.07. The van der Waals surface area contributed by atoms with E-state index in [1.54, 1.807) is 0 Å². The number of halogens is 1. The molecule has 68 valence electrons. The van der Waals surface area contributed by atoms with Crippen molar-refractivity contribution in [3.63, 3.8) is 0 Å². The molecule has 0 fully saturated rings. The monoisotopic (exact) mass is 179 g/mol. The van der Waals surface area contributed by atoms with E-state index < -0.39 is 6.67 Å². The number of hydrogen-bond acceptors (Lipinski definition) is 1. The average molecular weight is 179 g/mol. The molecule has 0 amide bonds. The molecule has 1 N–H and O–H groups in total. The molecule has 1 heterocycles. The van der Waals surface area contributed by atoms with Crippen LogP contribution in [0.15, 0.2) is 30.5 Å². The van der Waals surface area contributed by atoms with Gasteiger partial charge in [-0.2, -0.15) is 0 Å². The van der Waals surface area contributed by atoms with Gasteiger partial charge < -0.3 is 9.72 Å². The Morgan fingerprint density at radius 1 is 1.31 bits per heavy atom. The predicted octanol–water partition coefficient (Wildman–Crippen LogP) is 2.52. The molecule has 0 radical (unpaired) electrons. The van der Waals surface area contributed by atoms with Crippen LogP contribution in [0.5, 0.6) is 5.75 Å². The number of alkyl halides is 1. The van der Waals surface area contributed by atoms with E-state index in [0.29, 0.717) is 5.75 Å². The minimum Gasteiger partial charge on any atom is -0.491 e. The molecule has 0 spiro atoms. The number of benzene rings is 1. The summed E-state index contributed by atoms with van der Waals surface area (Å²) in [7, 11) is 0. The van der Waals surface area contributed by atoms with E-state index in [1.165, 1.54) is 0 Å². The number of ether oxygens (including phenoxy) is 1. The summed E-state index contributed by atoms with van der Waals surface area (Å²) >= 11 is 0. The van der Waals surface area contributed by atoms with E-state index >= 15 is 0 Å². The second kappa shape index (κ2) is 3.47. The number of fused-ring (bicyclic) bond motifs is 1. The Bertz CT molecular complexity index is 396. The molecule has 0 aliphatic heterocycles. The lowest BCUT2D eigenvalue weighted by Gasteiger charge is -2.02. The van der Waals surface area contributed by atoms with E-state index in [0.717, 1.165) is 10.9 Å². The van der Waals surface area contributed by atoms with Gasteiger partial charge in [-0.3, -0.25) is 0 Å². The molecule has 0 atom stereocenters. The largest absolute Gasteiger partial charge is 0.491 e. The smallest absolute Gasteiger partial charge is 0.123 e. The lowest BCUT2D eigenvalue weighted by molar-refractivity contribution is 0.273. The minimum atomic E-state index is -0.453. The number of hydrogen-bond donors (Lipinski definition) is 1. The zero-order valence-electron chi connectivity index (χ0n) is 7.09. The van der Waals surface area contributed by atoms with Crippen molar-refractivity contribution in [2.24, 2.45) is 0 Å². The Morgan fingerprint density at radius 2 is 2.23 bits per heavy atom. The number of aromatic nitrogens is 1. The first kappa shape index (κ1) is 8.10. The Labute approximate surface area is 75.3 Å². The molecule has 13 heavy (non-hydrogen) atoms. The molecule has 1 aromatic carbocycles. The molecular weight excluding hydrogens is 169 g/mol. The van der Waals surface area contributed by atoms with Gasteiger partial charge in [-0.1, -0.05) is 0 Å². The van der Waals surface area contributed by atoms with Crippen molar-refractivity contribution in [3.8, 4) is 5.75 Å². The Kier molecular flexibility index (Phi) is 2.17. The molecule has 1 aromatic heterocycles. The van der Waals surface area contributed by atoms with Crippen LogP contribution < -0.4 is 4.74 Å². The van der Waals surface area contributed by atoms with Crippen molar-refractivity contribution >= 4 is 10.9 Å². The van der Waals surface area contributed by atoms with Crippen LogP contribution in [0.1, 0.15) is 0 Å². The van der Waals surface area contributed by atoms with Crippen molar-refractivity contribution in [2.75, 3.05) is 13.3 Å². The zero-order valence-corrected chi connectivity index (χ0v) is 7.09. The van der Waals surface area contributed by atoms with Crippen molar-refractivity contribution in [1.82, 2.24) is 4.98 Å². The maximum atomic E-state index is 11.8. The third-order valence-electron chi connectivity index (χ3n) is 1.87. The second-order valence-corrected chi connectivity index (χ2v) is 2.76. The quantitative estimate of drug-likeness (QED) is 0.769. The van der Waals surface area contributed by atoms with E-state index in [-0.39, 0.29) is 6.61 Å². The zero-order chi connectivity index (χ0) is 9.10. The van der Waals surface area contributed by atoms with E-state index in [4.69, 9.17) is 4.74 Å². The van der Waals surface area contributed by atoms with Crippen LogP contribution >= 0.6 is 0 Å². The van der Waals surface area contributed by atoms with Gasteiger partial charge in [-0.15, -0.1) is 0 Å². The highest BCUT2D eigenvalue weighted by atomic mass is 19.1. The maximum Gasteiger partial charge on any atom is 0.123 e. The third-order valence-corrected chi connectivity index (χ3v) is 1.87. The van der Waals surface area contributed by atoms with Crippen molar-refractivity contribution in [3.05, 3.63) is 30.5 Å². The first-order valence-electron chi connectivity index (χ1n) is 4.16. The molecule has 0 saturated heterocycles. The minimum absolute atomic E-state index is 0.121. The summed E-state index contributed by atoms with van der Waals surface area (Å²) in [6.45, 7) is -0.332. The SMILES string of the molecule is FCCOc1ccc2[nH]ccc2c1. The van der Waals surface area contributed by atoms with Gasteiger partial charge in [0.15, 0.2) is 0 Å². The molecule has 0 aliphatic carbocycles. The number of H-pyrrole nitrogens is 1. The number of rotatable bonds is 3. The summed E-state index contributed by atoms with van der Waals surface area (Å²) in [5.74, 6) is 0.713.